The minimum Gasteiger partial charge on any atom is -0.506 e. The Labute approximate surface area is 124 Å². The lowest BCUT2D eigenvalue weighted by molar-refractivity contribution is 0.0602. The Hall–Kier alpha value is -1.69. The van der Waals surface area contributed by atoms with Crippen molar-refractivity contribution in [1.82, 2.24) is 4.98 Å². The lowest BCUT2D eigenvalue weighted by atomic mass is 9.96. The molecule has 0 aliphatic carbocycles. The zero-order valence-corrected chi connectivity index (χ0v) is 12.8. The molecule has 0 saturated heterocycles. The molecule has 3 rings (SSSR count). The van der Waals surface area contributed by atoms with E-state index < -0.39 is 0 Å². The maximum atomic E-state index is 12.1. The van der Waals surface area contributed by atoms with Crippen LogP contribution in [0.2, 0.25) is 0 Å². The van der Waals surface area contributed by atoms with Gasteiger partial charge in [0.15, 0.2) is 0 Å². The number of carbonyl (C=O) groups is 1. The Kier molecular flexibility index (Phi) is 3.12. The van der Waals surface area contributed by atoms with Crippen molar-refractivity contribution in [2.45, 2.75) is 12.8 Å². The van der Waals surface area contributed by atoms with Crippen LogP contribution in [0.15, 0.2) is 6.07 Å². The van der Waals surface area contributed by atoms with Gasteiger partial charge in [0.1, 0.15) is 5.75 Å². The number of aromatic nitrogens is 1. The number of esters is 1. The fourth-order valence-electron chi connectivity index (χ4n) is 2.90. The number of nitrogens with one attached hydrogen (secondary N) is 2. The van der Waals surface area contributed by atoms with Gasteiger partial charge in [0, 0.05) is 40.6 Å². The lowest BCUT2D eigenvalue weighted by Crippen LogP contribution is -2.05. The highest BCUT2D eigenvalue weighted by Gasteiger charge is 2.30. The van der Waals surface area contributed by atoms with E-state index in [0.717, 1.165) is 28.5 Å². The fraction of sp³-hybridized carbons (Fsp3) is 0.357. The molecule has 6 heteroatoms. The maximum Gasteiger partial charge on any atom is 0.340 e. The van der Waals surface area contributed by atoms with E-state index in [1.165, 1.54) is 7.11 Å². The highest BCUT2D eigenvalue weighted by molar-refractivity contribution is 9.09. The van der Waals surface area contributed by atoms with Crippen molar-refractivity contribution in [2.24, 2.45) is 0 Å². The smallest absolute Gasteiger partial charge is 0.340 e. The van der Waals surface area contributed by atoms with Crippen molar-refractivity contribution in [2.75, 3.05) is 24.3 Å². The van der Waals surface area contributed by atoms with Crippen LogP contribution in [0.5, 0.6) is 5.75 Å². The number of aromatic amines is 1. The molecule has 3 N–H and O–H groups in total. The third-order valence-corrected chi connectivity index (χ3v) is 4.59. The van der Waals surface area contributed by atoms with Gasteiger partial charge in [-0.1, -0.05) is 15.9 Å². The van der Waals surface area contributed by atoms with E-state index in [1.807, 2.05) is 6.92 Å². The summed E-state index contributed by atoms with van der Waals surface area (Å²) in [7, 11) is 1.36. The monoisotopic (exact) mass is 338 g/mol. The van der Waals surface area contributed by atoms with E-state index in [9.17, 15) is 9.90 Å². The van der Waals surface area contributed by atoms with Crippen LogP contribution in [-0.4, -0.2) is 35.0 Å². The number of H-pyrrole nitrogens is 1. The first-order chi connectivity index (χ1) is 9.58. The number of aryl methyl sites for hydroxylation is 1. The topological polar surface area (TPSA) is 74.4 Å². The lowest BCUT2D eigenvalue weighted by Gasteiger charge is -2.10. The second kappa shape index (κ2) is 4.70. The van der Waals surface area contributed by atoms with Gasteiger partial charge in [-0.25, -0.2) is 4.79 Å². The molecule has 2 heterocycles. The van der Waals surface area contributed by atoms with E-state index >= 15 is 0 Å². The van der Waals surface area contributed by atoms with Gasteiger partial charge < -0.3 is 20.1 Å². The Morgan fingerprint density at radius 2 is 2.35 bits per heavy atom. The van der Waals surface area contributed by atoms with E-state index in [2.05, 4.69) is 26.2 Å². The van der Waals surface area contributed by atoms with E-state index in [4.69, 9.17) is 4.74 Å². The van der Waals surface area contributed by atoms with Crippen molar-refractivity contribution < 1.29 is 14.6 Å². The number of carbonyl (C=O) groups excluding carboxylic acids is 1. The zero-order valence-electron chi connectivity index (χ0n) is 11.2. The van der Waals surface area contributed by atoms with Crippen molar-refractivity contribution in [3.8, 4) is 5.75 Å². The average Bonchev–Trinajstić information content (AvgIpc) is 2.98. The molecule has 1 unspecified atom stereocenters. The molecule has 5 nitrogen and oxygen atoms in total. The molecule has 106 valence electrons. The largest absolute Gasteiger partial charge is 0.506 e. The van der Waals surface area contributed by atoms with Crippen molar-refractivity contribution in [3.63, 3.8) is 0 Å². The molecule has 0 radical (unpaired) electrons. The highest BCUT2D eigenvalue weighted by Crippen LogP contribution is 2.44. The SMILES string of the molecule is COC(=O)c1c(C)[nH]c2c(O)cc3c(c12)C(CBr)CN3. The first kappa shape index (κ1) is 13.3. The number of phenolic OH excluding ortho intramolecular Hbond substituents is 1. The van der Waals surface area contributed by atoms with Gasteiger partial charge in [-0.3, -0.25) is 0 Å². The molecule has 2 aromatic rings. The first-order valence-corrected chi connectivity index (χ1v) is 7.46. The minimum absolute atomic E-state index is 0.139. The number of anilines is 1. The standard InChI is InChI=1S/C14H15BrN2O3/c1-6-10(14(19)20-2)12-11-7(4-15)5-16-8(11)3-9(18)13(12)17-6/h3,7,16-18H,4-5H2,1-2H3. The number of ether oxygens (including phenoxy) is 1. The number of aromatic hydroxyl groups is 1. The Bertz CT molecular complexity index is 708. The van der Waals surface area contributed by atoms with Gasteiger partial charge in [0.2, 0.25) is 0 Å². The Balaban J connectivity index is 2.41. The third-order valence-electron chi connectivity index (χ3n) is 3.81. The van der Waals surface area contributed by atoms with Gasteiger partial charge in [0.05, 0.1) is 18.2 Å². The summed E-state index contributed by atoms with van der Waals surface area (Å²) in [6, 6.07) is 1.71. The Morgan fingerprint density at radius 3 is 3.00 bits per heavy atom. The molecule has 1 aliphatic rings. The molecule has 1 aliphatic heterocycles. The number of fused-ring (bicyclic) bond motifs is 3. The summed E-state index contributed by atoms with van der Waals surface area (Å²) in [5, 5.41) is 15.0. The second-order valence-corrected chi connectivity index (χ2v) is 5.60. The van der Waals surface area contributed by atoms with Crippen LogP contribution in [0.25, 0.3) is 10.9 Å². The number of benzene rings is 1. The first-order valence-electron chi connectivity index (χ1n) is 6.34. The average molecular weight is 339 g/mol. The normalized spacial score (nSPS) is 17.1. The maximum absolute atomic E-state index is 12.1. The van der Waals surface area contributed by atoms with Crippen molar-refractivity contribution >= 4 is 38.5 Å². The van der Waals surface area contributed by atoms with Gasteiger partial charge in [-0.05, 0) is 12.5 Å². The number of phenols is 1. The van der Waals surface area contributed by atoms with Crippen molar-refractivity contribution in [3.05, 3.63) is 22.9 Å². The second-order valence-electron chi connectivity index (χ2n) is 4.96. The van der Waals surface area contributed by atoms with E-state index in [0.29, 0.717) is 16.8 Å². The molecule has 1 atom stereocenters. The summed E-state index contributed by atoms with van der Waals surface area (Å²) in [5.74, 6) is 0.00760. The van der Waals surface area contributed by atoms with E-state index in [-0.39, 0.29) is 17.6 Å². The molecular formula is C14H15BrN2O3. The van der Waals surface area contributed by atoms with Gasteiger partial charge in [-0.2, -0.15) is 0 Å². The molecule has 0 saturated carbocycles. The van der Waals surface area contributed by atoms with Crippen molar-refractivity contribution in [1.29, 1.82) is 0 Å². The molecule has 0 spiro atoms. The predicted octanol–water partition coefficient (Wildman–Crippen LogP) is 2.87. The predicted molar refractivity (Wildman–Crippen MR) is 81.1 cm³/mol. The molecular weight excluding hydrogens is 324 g/mol. The minimum atomic E-state index is -0.387. The zero-order chi connectivity index (χ0) is 14.4. The van der Waals surface area contributed by atoms with Crippen LogP contribution in [0, 0.1) is 6.92 Å². The summed E-state index contributed by atoms with van der Waals surface area (Å²) >= 11 is 3.51. The quantitative estimate of drug-likeness (QED) is 0.581. The van der Waals surface area contributed by atoms with Crippen LogP contribution in [0.3, 0.4) is 0 Å². The summed E-state index contributed by atoms with van der Waals surface area (Å²) in [5.41, 5.74) is 3.74. The van der Waals surface area contributed by atoms with Crippen LogP contribution in [0.4, 0.5) is 5.69 Å². The molecule has 0 fully saturated rings. The molecule has 0 bridgehead atoms. The number of halogens is 1. The summed E-state index contributed by atoms with van der Waals surface area (Å²) < 4.78 is 4.88. The summed E-state index contributed by atoms with van der Waals surface area (Å²) in [4.78, 5) is 15.2. The number of hydrogen-bond acceptors (Lipinski definition) is 4. The number of alkyl halides is 1. The number of rotatable bonds is 2. The molecule has 1 aromatic heterocycles. The molecule has 0 amide bonds. The van der Waals surface area contributed by atoms with Crippen LogP contribution in [0.1, 0.15) is 27.5 Å². The fourth-order valence-corrected chi connectivity index (χ4v) is 3.45. The third kappa shape index (κ3) is 1.71. The Morgan fingerprint density at radius 1 is 1.60 bits per heavy atom. The highest BCUT2D eigenvalue weighted by atomic mass is 79.9. The summed E-state index contributed by atoms with van der Waals surface area (Å²) in [6.45, 7) is 2.59. The number of hydrogen-bond donors (Lipinski definition) is 3. The summed E-state index contributed by atoms with van der Waals surface area (Å²) in [6.07, 6.45) is 0. The van der Waals surface area contributed by atoms with Crippen LogP contribution < -0.4 is 5.32 Å². The van der Waals surface area contributed by atoms with Gasteiger partial charge in [0.25, 0.3) is 0 Å². The van der Waals surface area contributed by atoms with E-state index in [1.54, 1.807) is 6.07 Å². The molecule has 20 heavy (non-hydrogen) atoms. The molecule has 1 aromatic carbocycles. The van der Waals surface area contributed by atoms with Gasteiger partial charge >= 0.3 is 5.97 Å². The van der Waals surface area contributed by atoms with Crippen LogP contribution in [-0.2, 0) is 4.74 Å². The van der Waals surface area contributed by atoms with Crippen LogP contribution >= 0.6 is 15.9 Å². The number of methoxy groups -OCH3 is 1. The van der Waals surface area contributed by atoms with Gasteiger partial charge in [-0.15, -0.1) is 0 Å².